The van der Waals surface area contributed by atoms with E-state index in [1.165, 1.54) is 11.1 Å². The van der Waals surface area contributed by atoms with Gasteiger partial charge in [0.2, 0.25) is 5.95 Å². The maximum atomic E-state index is 5.79. The minimum atomic E-state index is -0.351. The fraction of sp³-hybridized carbons (Fsp3) is 0.474. The zero-order valence-corrected chi connectivity index (χ0v) is 14.6. The third-order valence-corrected chi connectivity index (χ3v) is 4.87. The number of piperidine rings is 1. The van der Waals surface area contributed by atoms with Gasteiger partial charge in [-0.1, -0.05) is 29.8 Å². The third kappa shape index (κ3) is 3.75. The zero-order valence-electron chi connectivity index (χ0n) is 14.6. The Kier molecular flexibility index (Phi) is 4.55. The number of rotatable bonds is 4. The lowest BCUT2D eigenvalue weighted by molar-refractivity contribution is -0.169. The van der Waals surface area contributed by atoms with E-state index in [2.05, 4.69) is 51.4 Å². The van der Waals surface area contributed by atoms with E-state index in [-0.39, 0.29) is 5.79 Å². The van der Waals surface area contributed by atoms with Crippen molar-refractivity contribution in [1.29, 1.82) is 0 Å². The Morgan fingerprint density at radius 2 is 1.80 bits per heavy atom. The molecule has 4 rings (SSSR count). The van der Waals surface area contributed by atoms with Crippen LogP contribution in [-0.2, 0) is 16.0 Å². The minimum Gasteiger partial charge on any atom is -0.356 e. The van der Waals surface area contributed by atoms with E-state index in [0.717, 1.165) is 31.7 Å². The molecule has 1 aromatic carbocycles. The normalized spacial score (nSPS) is 19.3. The van der Waals surface area contributed by atoms with Gasteiger partial charge in [-0.05, 0) is 18.6 Å². The van der Waals surface area contributed by atoms with Gasteiger partial charge in [0.05, 0.1) is 13.2 Å². The van der Waals surface area contributed by atoms with Crippen LogP contribution in [0, 0.1) is 6.92 Å². The van der Waals surface area contributed by atoms with Gasteiger partial charge >= 0.3 is 0 Å². The highest BCUT2D eigenvalue weighted by Crippen LogP contribution is 2.32. The highest BCUT2D eigenvalue weighted by Gasteiger charge is 2.40. The van der Waals surface area contributed by atoms with Crippen molar-refractivity contribution < 1.29 is 9.47 Å². The molecule has 0 unspecified atom stereocenters. The van der Waals surface area contributed by atoms with Crippen molar-refractivity contribution in [2.45, 2.75) is 32.1 Å². The number of aromatic nitrogens is 2. The molecule has 0 atom stereocenters. The maximum Gasteiger partial charge on any atom is 0.224 e. The molecule has 2 aliphatic heterocycles. The van der Waals surface area contributed by atoms with E-state index in [1.807, 2.05) is 12.3 Å². The van der Waals surface area contributed by atoms with E-state index in [4.69, 9.17) is 9.47 Å². The molecule has 2 saturated heterocycles. The Morgan fingerprint density at radius 3 is 2.52 bits per heavy atom. The third-order valence-electron chi connectivity index (χ3n) is 4.87. The average Bonchev–Trinajstić information content (AvgIpc) is 3.10. The minimum absolute atomic E-state index is 0.351. The number of anilines is 2. The average molecular weight is 340 g/mol. The largest absolute Gasteiger partial charge is 0.356 e. The number of nitrogens with zero attached hydrogens (tertiary/aromatic N) is 3. The molecule has 1 N–H and O–H groups in total. The molecule has 2 aromatic rings. The second-order valence-electron chi connectivity index (χ2n) is 6.67. The summed E-state index contributed by atoms with van der Waals surface area (Å²) in [7, 11) is 0. The van der Waals surface area contributed by atoms with Crippen molar-refractivity contribution in [3.63, 3.8) is 0 Å². The number of hydrogen-bond donors (Lipinski definition) is 1. The Labute approximate surface area is 148 Å². The van der Waals surface area contributed by atoms with E-state index >= 15 is 0 Å². The number of hydrogen-bond acceptors (Lipinski definition) is 6. The topological polar surface area (TPSA) is 59.5 Å². The van der Waals surface area contributed by atoms with Crippen LogP contribution in [0.2, 0.25) is 0 Å². The molecular formula is C19H24N4O2. The molecule has 6 heteroatoms. The lowest BCUT2D eigenvalue weighted by Crippen LogP contribution is -2.45. The lowest BCUT2D eigenvalue weighted by atomic mass is 10.0. The molecule has 0 radical (unpaired) electrons. The highest BCUT2D eigenvalue weighted by atomic mass is 16.7. The molecule has 0 aliphatic carbocycles. The first-order chi connectivity index (χ1) is 12.2. The number of aryl methyl sites for hydroxylation is 1. The van der Waals surface area contributed by atoms with Crippen molar-refractivity contribution in [3.8, 4) is 0 Å². The molecule has 3 heterocycles. The quantitative estimate of drug-likeness (QED) is 0.923. The Balaban J connectivity index is 1.37. The second kappa shape index (κ2) is 6.98. The first-order valence-corrected chi connectivity index (χ1v) is 8.88. The summed E-state index contributed by atoms with van der Waals surface area (Å²) in [5.41, 5.74) is 2.48. The molecule has 25 heavy (non-hydrogen) atoms. The first-order valence-electron chi connectivity index (χ1n) is 8.88. The zero-order chi connectivity index (χ0) is 17.1. The molecule has 1 spiro atoms. The number of benzene rings is 1. The van der Waals surface area contributed by atoms with Crippen LogP contribution in [0.4, 0.5) is 11.8 Å². The summed E-state index contributed by atoms with van der Waals surface area (Å²) in [6.45, 7) is 5.99. The van der Waals surface area contributed by atoms with Crippen LogP contribution in [0.1, 0.15) is 24.0 Å². The molecule has 2 fully saturated rings. The van der Waals surface area contributed by atoms with E-state index in [1.54, 1.807) is 0 Å². The second-order valence-corrected chi connectivity index (χ2v) is 6.67. The Morgan fingerprint density at radius 1 is 1.08 bits per heavy atom. The highest BCUT2D eigenvalue weighted by molar-refractivity contribution is 5.43. The van der Waals surface area contributed by atoms with Gasteiger partial charge in [0.15, 0.2) is 5.79 Å². The predicted molar refractivity (Wildman–Crippen MR) is 96.6 cm³/mol. The molecule has 132 valence electrons. The summed E-state index contributed by atoms with van der Waals surface area (Å²) in [6, 6.07) is 10.4. The molecule has 0 saturated carbocycles. The van der Waals surface area contributed by atoms with Crippen LogP contribution in [-0.4, -0.2) is 42.1 Å². The van der Waals surface area contributed by atoms with Crippen LogP contribution >= 0.6 is 0 Å². The molecule has 0 amide bonds. The monoisotopic (exact) mass is 340 g/mol. The van der Waals surface area contributed by atoms with Crippen molar-refractivity contribution in [2.75, 3.05) is 36.5 Å². The fourth-order valence-electron chi connectivity index (χ4n) is 3.36. The molecular weight excluding hydrogens is 316 g/mol. The summed E-state index contributed by atoms with van der Waals surface area (Å²) in [6.07, 6.45) is 3.57. The van der Waals surface area contributed by atoms with Crippen molar-refractivity contribution in [1.82, 2.24) is 9.97 Å². The lowest BCUT2D eigenvalue weighted by Gasteiger charge is -2.38. The van der Waals surface area contributed by atoms with Gasteiger partial charge in [0.1, 0.15) is 5.82 Å². The van der Waals surface area contributed by atoms with Crippen molar-refractivity contribution in [2.24, 2.45) is 0 Å². The van der Waals surface area contributed by atoms with Gasteiger partial charge in [-0.25, -0.2) is 4.98 Å². The smallest absolute Gasteiger partial charge is 0.224 e. The fourth-order valence-corrected chi connectivity index (χ4v) is 3.36. The van der Waals surface area contributed by atoms with E-state index in [0.29, 0.717) is 25.7 Å². The van der Waals surface area contributed by atoms with Crippen molar-refractivity contribution in [3.05, 3.63) is 47.7 Å². The van der Waals surface area contributed by atoms with Gasteiger partial charge in [0.25, 0.3) is 0 Å². The molecule has 6 nitrogen and oxygen atoms in total. The van der Waals surface area contributed by atoms with Crippen LogP contribution in [0.5, 0.6) is 0 Å². The summed E-state index contributed by atoms with van der Waals surface area (Å²) in [5.74, 6) is 1.26. The van der Waals surface area contributed by atoms with Crippen molar-refractivity contribution >= 4 is 11.8 Å². The standard InChI is InChI=1S/C19H24N4O2/c1-15-2-4-16(5-3-15)14-21-18-20-9-6-17(22-18)23-10-7-19(8-11-23)24-12-13-25-19/h2-6,9H,7-8,10-14H2,1H3,(H,20,21,22). The molecule has 0 bridgehead atoms. The molecule has 2 aliphatic rings. The van der Waals surface area contributed by atoms with Gasteiger partial charge < -0.3 is 19.7 Å². The van der Waals surface area contributed by atoms with Gasteiger partial charge in [-0.2, -0.15) is 4.98 Å². The predicted octanol–water partition coefficient (Wildman–Crippen LogP) is 2.74. The van der Waals surface area contributed by atoms with E-state index in [9.17, 15) is 0 Å². The SMILES string of the molecule is Cc1ccc(CNc2nccc(N3CCC4(CC3)OCCO4)n2)cc1. The van der Waals surface area contributed by atoms with E-state index < -0.39 is 0 Å². The van der Waals surface area contributed by atoms with Gasteiger partial charge in [-0.3, -0.25) is 0 Å². The Bertz CT molecular complexity index is 704. The number of ether oxygens (including phenoxy) is 2. The summed E-state index contributed by atoms with van der Waals surface area (Å²) >= 11 is 0. The first kappa shape index (κ1) is 16.3. The summed E-state index contributed by atoms with van der Waals surface area (Å²) < 4.78 is 11.6. The molecule has 1 aromatic heterocycles. The summed E-state index contributed by atoms with van der Waals surface area (Å²) in [4.78, 5) is 11.3. The van der Waals surface area contributed by atoms with Gasteiger partial charge in [-0.15, -0.1) is 0 Å². The van der Waals surface area contributed by atoms with Crippen LogP contribution in [0.3, 0.4) is 0 Å². The van der Waals surface area contributed by atoms with Crippen LogP contribution < -0.4 is 10.2 Å². The Hall–Kier alpha value is -2.18. The maximum absolute atomic E-state index is 5.79. The van der Waals surface area contributed by atoms with Crippen LogP contribution in [0.25, 0.3) is 0 Å². The van der Waals surface area contributed by atoms with Crippen LogP contribution in [0.15, 0.2) is 36.5 Å². The number of nitrogens with one attached hydrogen (secondary N) is 1. The summed E-state index contributed by atoms with van der Waals surface area (Å²) in [5, 5.41) is 3.31. The van der Waals surface area contributed by atoms with Gasteiger partial charge in [0, 0.05) is 38.7 Å².